The number of anilines is 2. The predicted octanol–water partition coefficient (Wildman–Crippen LogP) is 4.88. The first-order valence-corrected chi connectivity index (χ1v) is 12.9. The normalized spacial score (nSPS) is 14.3. The van der Waals surface area contributed by atoms with E-state index >= 15 is 0 Å². The number of rotatable bonds is 7. The number of halogens is 1. The van der Waals surface area contributed by atoms with Gasteiger partial charge in [-0.05, 0) is 29.1 Å². The molecule has 2 N–H and O–H groups in total. The van der Waals surface area contributed by atoms with E-state index in [-0.39, 0.29) is 6.03 Å². The Labute approximate surface area is 213 Å². The number of amides is 2. The molecule has 5 rings (SSSR count). The molecule has 0 atom stereocenters. The molecule has 0 radical (unpaired) electrons. The van der Waals surface area contributed by atoms with Crippen LogP contribution in [-0.4, -0.2) is 59.6 Å². The molecule has 2 heterocycles. The smallest absolute Gasteiger partial charge is 0.319 e. The van der Waals surface area contributed by atoms with E-state index in [0.29, 0.717) is 13.0 Å². The maximum absolute atomic E-state index is 12.4. The van der Waals surface area contributed by atoms with Crippen molar-refractivity contribution < 1.29 is 4.79 Å². The highest BCUT2D eigenvalue weighted by Crippen LogP contribution is 2.23. The number of nitrogens with one attached hydrogen (secondary N) is 2. The highest BCUT2D eigenvalue weighted by Gasteiger charge is 2.20. The van der Waals surface area contributed by atoms with Gasteiger partial charge in [0.25, 0.3) is 0 Å². The van der Waals surface area contributed by atoms with Gasteiger partial charge in [0.1, 0.15) is 5.82 Å². The molecule has 2 amide bonds. The van der Waals surface area contributed by atoms with Crippen molar-refractivity contribution in [3.63, 3.8) is 0 Å². The topological polar surface area (TPSA) is 73.4 Å². The van der Waals surface area contributed by atoms with Gasteiger partial charge in [0.2, 0.25) is 5.13 Å². The Hall–Kier alpha value is -3.20. The molecule has 0 bridgehead atoms. The van der Waals surface area contributed by atoms with E-state index in [1.807, 2.05) is 66.7 Å². The largest absolute Gasteiger partial charge is 0.344 e. The summed E-state index contributed by atoms with van der Waals surface area (Å²) in [5.74, 6) is 0.844. The van der Waals surface area contributed by atoms with Crippen molar-refractivity contribution in [2.75, 3.05) is 49.5 Å². The zero-order valence-electron chi connectivity index (χ0n) is 19.3. The molecule has 9 heteroatoms. The summed E-state index contributed by atoms with van der Waals surface area (Å²) in [7, 11) is 0. The van der Waals surface area contributed by atoms with Gasteiger partial charge in [0, 0.05) is 67.6 Å². The van der Waals surface area contributed by atoms with Gasteiger partial charge >= 0.3 is 6.03 Å². The number of fused-ring (bicyclic) bond motifs is 1. The fourth-order valence-corrected chi connectivity index (χ4v) is 5.08. The molecule has 1 aliphatic rings. The number of urea groups is 1. The number of hydrogen-bond acceptors (Lipinski definition) is 6. The monoisotopic (exact) mass is 506 g/mol. The quantitative estimate of drug-likeness (QED) is 0.374. The summed E-state index contributed by atoms with van der Waals surface area (Å²) in [4.78, 5) is 21.8. The molecule has 1 fully saturated rings. The first-order chi connectivity index (χ1) is 17.1. The molecule has 0 aliphatic carbocycles. The van der Waals surface area contributed by atoms with Crippen LogP contribution in [0.3, 0.4) is 0 Å². The minimum atomic E-state index is -0.179. The van der Waals surface area contributed by atoms with Crippen LogP contribution >= 0.6 is 23.1 Å². The fraction of sp³-hybridized carbons (Fsp3) is 0.269. The van der Waals surface area contributed by atoms with E-state index in [1.165, 1.54) is 11.5 Å². The van der Waals surface area contributed by atoms with Crippen molar-refractivity contribution in [2.45, 2.75) is 6.42 Å². The second-order valence-electron chi connectivity index (χ2n) is 8.53. The van der Waals surface area contributed by atoms with Crippen LogP contribution in [0, 0.1) is 0 Å². The van der Waals surface area contributed by atoms with Crippen LogP contribution in [-0.2, 0) is 6.42 Å². The minimum Gasteiger partial charge on any atom is -0.344 e. The van der Waals surface area contributed by atoms with E-state index < -0.39 is 0 Å². The van der Waals surface area contributed by atoms with E-state index in [0.717, 1.165) is 70.7 Å². The zero-order valence-corrected chi connectivity index (χ0v) is 20.9. The Morgan fingerprint density at radius 2 is 1.74 bits per heavy atom. The van der Waals surface area contributed by atoms with E-state index in [9.17, 15) is 4.79 Å². The van der Waals surface area contributed by atoms with Gasteiger partial charge in [-0.15, -0.1) is 0 Å². The highest BCUT2D eigenvalue weighted by atomic mass is 35.5. The molecule has 3 aromatic carbocycles. The molecule has 1 aliphatic heterocycles. The summed E-state index contributed by atoms with van der Waals surface area (Å²) in [5, 5.41) is 9.81. The predicted molar refractivity (Wildman–Crippen MR) is 144 cm³/mol. The fourth-order valence-electron chi connectivity index (χ4n) is 4.22. The van der Waals surface area contributed by atoms with E-state index in [4.69, 9.17) is 16.6 Å². The van der Waals surface area contributed by atoms with Crippen molar-refractivity contribution in [2.24, 2.45) is 0 Å². The van der Waals surface area contributed by atoms with Gasteiger partial charge in [-0.2, -0.15) is 4.37 Å². The van der Waals surface area contributed by atoms with Crippen molar-refractivity contribution >= 4 is 50.8 Å². The van der Waals surface area contributed by atoms with Crippen LogP contribution in [0.5, 0.6) is 0 Å². The first-order valence-electron chi connectivity index (χ1n) is 11.7. The Morgan fingerprint density at radius 3 is 2.57 bits per heavy atom. The third-order valence-corrected chi connectivity index (χ3v) is 7.19. The molecular weight excluding hydrogens is 480 g/mol. The molecule has 35 heavy (non-hydrogen) atoms. The molecule has 1 aromatic heterocycles. The van der Waals surface area contributed by atoms with Crippen LogP contribution in [0.4, 0.5) is 15.6 Å². The molecule has 180 valence electrons. The van der Waals surface area contributed by atoms with Gasteiger partial charge in [-0.3, -0.25) is 4.90 Å². The van der Waals surface area contributed by atoms with Crippen LogP contribution in [0.1, 0.15) is 11.4 Å². The van der Waals surface area contributed by atoms with Crippen molar-refractivity contribution in [1.29, 1.82) is 0 Å². The summed E-state index contributed by atoms with van der Waals surface area (Å²) in [6, 6.07) is 21.6. The molecule has 0 spiro atoms. The maximum atomic E-state index is 12.4. The first kappa shape index (κ1) is 23.5. The van der Waals surface area contributed by atoms with Gasteiger partial charge in [0.15, 0.2) is 0 Å². The molecule has 0 saturated carbocycles. The third kappa shape index (κ3) is 6.08. The van der Waals surface area contributed by atoms with E-state index in [1.54, 1.807) is 0 Å². The lowest BCUT2D eigenvalue weighted by Crippen LogP contribution is -2.48. The molecule has 1 saturated heterocycles. The van der Waals surface area contributed by atoms with Gasteiger partial charge in [-0.25, -0.2) is 9.78 Å². The SMILES string of the molecule is O=C(NCCN1CCN(c2nc(Cc3ccc(Cl)cc3)ns2)CC1)Nc1cccc2ccccc12. The van der Waals surface area contributed by atoms with Crippen molar-refractivity contribution in [1.82, 2.24) is 19.6 Å². The average Bonchev–Trinajstić information content (AvgIpc) is 3.35. The standard InChI is InChI=1S/C26H27ClN6OS/c27-21-10-8-19(9-11-21)18-24-30-26(35-31-24)33-16-14-32(15-17-33)13-12-28-25(34)29-23-7-3-5-20-4-1-2-6-22(20)23/h1-11H,12-18H2,(H2,28,29,34). The average molecular weight is 507 g/mol. The molecule has 7 nitrogen and oxygen atoms in total. The molecule has 0 unspecified atom stereocenters. The Kier molecular flexibility index (Phi) is 7.42. The number of aromatic nitrogens is 2. The number of benzene rings is 3. The number of piperazine rings is 1. The molecular formula is C26H27ClN6OS. The minimum absolute atomic E-state index is 0.179. The second-order valence-corrected chi connectivity index (χ2v) is 9.70. The lowest BCUT2D eigenvalue weighted by molar-refractivity contribution is 0.240. The zero-order chi connectivity index (χ0) is 24.0. The maximum Gasteiger partial charge on any atom is 0.319 e. The number of nitrogens with zero attached hydrogens (tertiary/aromatic N) is 4. The van der Waals surface area contributed by atoms with Crippen molar-refractivity contribution in [3.8, 4) is 0 Å². The van der Waals surface area contributed by atoms with E-state index in [2.05, 4.69) is 24.8 Å². The van der Waals surface area contributed by atoms with Crippen molar-refractivity contribution in [3.05, 3.63) is 83.1 Å². The number of carbonyl (C=O) groups is 1. The summed E-state index contributed by atoms with van der Waals surface area (Å²) in [6.45, 7) is 5.07. The lowest BCUT2D eigenvalue weighted by Gasteiger charge is -2.34. The second kappa shape index (κ2) is 11.0. The Balaban J connectivity index is 1.05. The molecule has 4 aromatic rings. The lowest BCUT2D eigenvalue weighted by atomic mass is 10.1. The summed E-state index contributed by atoms with van der Waals surface area (Å²) < 4.78 is 4.54. The highest BCUT2D eigenvalue weighted by molar-refractivity contribution is 7.09. The van der Waals surface area contributed by atoms with Crippen LogP contribution < -0.4 is 15.5 Å². The Morgan fingerprint density at radius 1 is 0.971 bits per heavy atom. The number of carbonyl (C=O) groups excluding carboxylic acids is 1. The van der Waals surface area contributed by atoms with Gasteiger partial charge < -0.3 is 15.5 Å². The number of hydrogen-bond donors (Lipinski definition) is 2. The summed E-state index contributed by atoms with van der Waals surface area (Å²) >= 11 is 7.43. The van der Waals surface area contributed by atoms with Crippen LogP contribution in [0.25, 0.3) is 10.8 Å². The van der Waals surface area contributed by atoms with Gasteiger partial charge in [-0.1, -0.05) is 60.1 Å². The summed E-state index contributed by atoms with van der Waals surface area (Å²) in [6.07, 6.45) is 0.708. The summed E-state index contributed by atoms with van der Waals surface area (Å²) in [5.41, 5.74) is 1.97. The van der Waals surface area contributed by atoms with Crippen LogP contribution in [0.2, 0.25) is 5.02 Å². The van der Waals surface area contributed by atoms with Gasteiger partial charge in [0.05, 0.1) is 5.69 Å². The van der Waals surface area contributed by atoms with Crippen LogP contribution in [0.15, 0.2) is 66.7 Å². The Bertz CT molecular complexity index is 1280. The third-order valence-electron chi connectivity index (χ3n) is 6.13.